The first-order chi connectivity index (χ1) is 12.0. The van der Waals surface area contributed by atoms with E-state index in [-0.39, 0.29) is 12.3 Å². The Morgan fingerprint density at radius 2 is 1.60 bits per heavy atom. The number of aliphatic carboxylic acids is 1. The van der Waals surface area contributed by atoms with Crippen molar-refractivity contribution in [2.45, 2.75) is 19.3 Å². The highest BCUT2D eigenvalue weighted by Crippen LogP contribution is 2.23. The summed E-state index contributed by atoms with van der Waals surface area (Å²) in [4.78, 5) is 27.3. The van der Waals surface area contributed by atoms with Crippen LogP contribution in [-0.2, 0) is 4.79 Å². The molecule has 7 nitrogen and oxygen atoms in total. The van der Waals surface area contributed by atoms with Crippen LogP contribution in [0.3, 0.4) is 0 Å². The lowest BCUT2D eigenvalue weighted by atomic mass is 10.1. The van der Waals surface area contributed by atoms with Gasteiger partial charge >= 0.3 is 5.97 Å². The molecule has 1 saturated heterocycles. The average Bonchev–Trinajstić information content (AvgIpc) is 2.64. The summed E-state index contributed by atoms with van der Waals surface area (Å²) in [5.74, 6) is 0.423. The molecule has 138 valence electrons. The van der Waals surface area contributed by atoms with Crippen molar-refractivity contribution in [3.63, 3.8) is 0 Å². The fraction of sp³-hybridized carbons (Fsp3) is 0.556. The predicted octanol–water partition coefficient (Wildman–Crippen LogP) is 1.72. The molecule has 0 saturated carbocycles. The molecule has 2 rings (SSSR count). The Morgan fingerprint density at radius 3 is 2.12 bits per heavy atom. The molecule has 0 radical (unpaired) electrons. The highest BCUT2D eigenvalue weighted by Gasteiger charge is 2.22. The van der Waals surface area contributed by atoms with Crippen molar-refractivity contribution in [2.75, 3.05) is 46.9 Å². The van der Waals surface area contributed by atoms with Crippen molar-refractivity contribution in [3.8, 4) is 11.5 Å². The Labute approximate surface area is 148 Å². The largest absolute Gasteiger partial charge is 0.497 e. The minimum atomic E-state index is -0.746. The lowest BCUT2D eigenvalue weighted by Gasteiger charge is -2.34. The number of hydrogen-bond donors (Lipinski definition) is 1. The van der Waals surface area contributed by atoms with Crippen molar-refractivity contribution in [1.29, 1.82) is 0 Å². The summed E-state index contributed by atoms with van der Waals surface area (Å²) in [6, 6.07) is 5.19. The molecule has 7 heteroatoms. The van der Waals surface area contributed by atoms with Gasteiger partial charge in [0, 0.05) is 44.2 Å². The molecule has 1 amide bonds. The van der Waals surface area contributed by atoms with E-state index >= 15 is 0 Å². The second-order valence-corrected chi connectivity index (χ2v) is 6.09. The number of carbonyl (C=O) groups is 2. The Morgan fingerprint density at radius 1 is 1.00 bits per heavy atom. The standard InChI is InChI=1S/C18H26N2O5/c1-24-15-11-14(12-16(13-15)25-2)18(23)20-9-7-19(8-10-20)6-4-3-5-17(21)22/h11-13H,3-10H2,1-2H3,(H,21,22). The number of methoxy groups -OCH3 is 2. The van der Waals surface area contributed by atoms with Gasteiger partial charge in [0.2, 0.25) is 0 Å². The number of ether oxygens (including phenoxy) is 2. The molecule has 0 bridgehead atoms. The third kappa shape index (κ3) is 5.63. The van der Waals surface area contributed by atoms with Gasteiger partial charge in [-0.25, -0.2) is 0 Å². The molecule has 1 heterocycles. The Bertz CT molecular complexity index is 575. The topological polar surface area (TPSA) is 79.3 Å². The number of carboxylic acids is 1. The van der Waals surface area contributed by atoms with E-state index in [1.807, 2.05) is 4.90 Å². The van der Waals surface area contributed by atoms with E-state index in [4.69, 9.17) is 14.6 Å². The van der Waals surface area contributed by atoms with Gasteiger partial charge in [-0.1, -0.05) is 0 Å². The van der Waals surface area contributed by atoms with Gasteiger partial charge in [-0.15, -0.1) is 0 Å². The fourth-order valence-corrected chi connectivity index (χ4v) is 2.90. The SMILES string of the molecule is COc1cc(OC)cc(C(=O)N2CCN(CCCCC(=O)O)CC2)c1. The molecule has 0 spiro atoms. The van der Waals surface area contributed by atoms with Crippen molar-refractivity contribution >= 4 is 11.9 Å². The summed E-state index contributed by atoms with van der Waals surface area (Å²) in [5.41, 5.74) is 0.561. The van der Waals surface area contributed by atoms with E-state index in [0.717, 1.165) is 26.1 Å². The molecule has 0 atom stereocenters. The Hall–Kier alpha value is -2.28. The zero-order valence-corrected chi connectivity index (χ0v) is 14.9. The monoisotopic (exact) mass is 350 g/mol. The minimum absolute atomic E-state index is 0.0253. The van der Waals surface area contributed by atoms with Gasteiger partial charge in [-0.05, 0) is 31.5 Å². The molecular weight excluding hydrogens is 324 g/mol. The van der Waals surface area contributed by atoms with Crippen LogP contribution in [0.15, 0.2) is 18.2 Å². The van der Waals surface area contributed by atoms with Crippen molar-refractivity contribution in [1.82, 2.24) is 9.80 Å². The van der Waals surface area contributed by atoms with Crippen LogP contribution in [0.1, 0.15) is 29.6 Å². The zero-order valence-electron chi connectivity index (χ0n) is 14.9. The Balaban J connectivity index is 1.86. The van der Waals surface area contributed by atoms with Gasteiger partial charge < -0.3 is 19.5 Å². The molecule has 1 fully saturated rings. The molecule has 1 aliphatic rings. The highest BCUT2D eigenvalue weighted by atomic mass is 16.5. The van der Waals surface area contributed by atoms with Crippen LogP contribution >= 0.6 is 0 Å². The lowest BCUT2D eigenvalue weighted by molar-refractivity contribution is -0.137. The first-order valence-electron chi connectivity index (χ1n) is 8.50. The van der Waals surface area contributed by atoms with Crippen LogP contribution in [0, 0.1) is 0 Å². The smallest absolute Gasteiger partial charge is 0.303 e. The Kier molecular flexibility index (Phi) is 7.06. The van der Waals surface area contributed by atoms with Crippen LogP contribution in [0.5, 0.6) is 11.5 Å². The number of hydrogen-bond acceptors (Lipinski definition) is 5. The number of amides is 1. The maximum atomic E-state index is 12.7. The molecular formula is C18H26N2O5. The second-order valence-electron chi connectivity index (χ2n) is 6.09. The van der Waals surface area contributed by atoms with Crippen molar-refractivity contribution in [3.05, 3.63) is 23.8 Å². The summed E-state index contributed by atoms with van der Waals surface area (Å²) in [5, 5.41) is 8.65. The third-order valence-electron chi connectivity index (χ3n) is 4.37. The molecule has 1 aliphatic heterocycles. The molecule has 1 aromatic carbocycles. The molecule has 1 N–H and O–H groups in total. The number of unbranched alkanes of at least 4 members (excludes halogenated alkanes) is 1. The van der Waals surface area contributed by atoms with Gasteiger partial charge in [0.25, 0.3) is 5.91 Å². The van der Waals surface area contributed by atoms with E-state index in [1.54, 1.807) is 32.4 Å². The van der Waals surface area contributed by atoms with E-state index in [9.17, 15) is 9.59 Å². The number of benzene rings is 1. The van der Waals surface area contributed by atoms with Crippen LogP contribution in [0.25, 0.3) is 0 Å². The number of nitrogens with zero attached hydrogens (tertiary/aromatic N) is 2. The van der Waals surface area contributed by atoms with Crippen LogP contribution in [0.4, 0.5) is 0 Å². The van der Waals surface area contributed by atoms with Gasteiger partial charge in [-0.3, -0.25) is 14.5 Å². The number of rotatable bonds is 8. The van der Waals surface area contributed by atoms with Gasteiger partial charge in [0.1, 0.15) is 11.5 Å². The van der Waals surface area contributed by atoms with E-state index in [2.05, 4.69) is 4.90 Å². The summed E-state index contributed by atoms with van der Waals surface area (Å²) in [7, 11) is 3.12. The second kappa shape index (κ2) is 9.27. The van der Waals surface area contributed by atoms with Gasteiger partial charge in [0.05, 0.1) is 14.2 Å². The minimum Gasteiger partial charge on any atom is -0.497 e. The maximum absolute atomic E-state index is 12.7. The van der Waals surface area contributed by atoms with Gasteiger partial charge in [-0.2, -0.15) is 0 Å². The number of piperazine rings is 1. The maximum Gasteiger partial charge on any atom is 0.303 e. The van der Waals surface area contributed by atoms with Gasteiger partial charge in [0.15, 0.2) is 0 Å². The van der Waals surface area contributed by atoms with E-state index in [1.165, 1.54) is 0 Å². The van der Waals surface area contributed by atoms with Crippen LogP contribution in [0.2, 0.25) is 0 Å². The predicted molar refractivity (Wildman–Crippen MR) is 93.4 cm³/mol. The summed E-state index contributed by atoms with van der Waals surface area (Å²) >= 11 is 0. The first kappa shape index (κ1) is 19.1. The normalized spacial score (nSPS) is 15.0. The summed E-state index contributed by atoms with van der Waals surface area (Å²) in [6.07, 6.45) is 1.78. The average molecular weight is 350 g/mol. The zero-order chi connectivity index (χ0) is 18.2. The fourth-order valence-electron chi connectivity index (χ4n) is 2.90. The molecule has 25 heavy (non-hydrogen) atoms. The van der Waals surface area contributed by atoms with Crippen LogP contribution < -0.4 is 9.47 Å². The summed E-state index contributed by atoms with van der Waals surface area (Å²) < 4.78 is 10.4. The molecule has 1 aromatic rings. The third-order valence-corrected chi connectivity index (χ3v) is 4.37. The lowest BCUT2D eigenvalue weighted by Crippen LogP contribution is -2.48. The first-order valence-corrected chi connectivity index (χ1v) is 8.50. The van der Waals surface area contributed by atoms with E-state index < -0.39 is 5.97 Å². The molecule has 0 aliphatic carbocycles. The highest BCUT2D eigenvalue weighted by molar-refractivity contribution is 5.95. The molecule has 0 unspecified atom stereocenters. The number of carbonyl (C=O) groups excluding carboxylic acids is 1. The quantitative estimate of drug-likeness (QED) is 0.719. The van der Waals surface area contributed by atoms with E-state index in [0.29, 0.717) is 36.6 Å². The number of carboxylic acid groups (broad SMARTS) is 1. The van der Waals surface area contributed by atoms with Crippen molar-refractivity contribution < 1.29 is 24.2 Å². The van der Waals surface area contributed by atoms with Crippen molar-refractivity contribution in [2.24, 2.45) is 0 Å². The van der Waals surface area contributed by atoms with Crippen LogP contribution in [-0.4, -0.2) is 73.7 Å². The molecule has 0 aromatic heterocycles. The summed E-state index contributed by atoms with van der Waals surface area (Å²) in [6.45, 7) is 3.82.